The number of hydrogen-bond donors (Lipinski definition) is 2. The molecule has 0 unspecified atom stereocenters. The maximum Gasteiger partial charge on any atom is 0.329 e. The molecule has 34 heavy (non-hydrogen) atoms. The number of H-pyrrole nitrogens is 1. The Bertz CT molecular complexity index is 1370. The van der Waals surface area contributed by atoms with Crippen LogP contribution in [0, 0.1) is 5.82 Å². The Hall–Kier alpha value is -3.97. The monoisotopic (exact) mass is 478 g/mol. The minimum absolute atomic E-state index is 0.104. The van der Waals surface area contributed by atoms with E-state index in [0.29, 0.717) is 0 Å². The molecule has 4 rings (SSSR count). The van der Waals surface area contributed by atoms with E-state index in [9.17, 15) is 18.8 Å². The first-order valence-corrected chi connectivity index (χ1v) is 10.9. The van der Waals surface area contributed by atoms with Crippen molar-refractivity contribution in [1.29, 1.82) is 0 Å². The quantitative estimate of drug-likeness (QED) is 0.283. The molecule has 0 bridgehead atoms. The summed E-state index contributed by atoms with van der Waals surface area (Å²) in [6.07, 6.45) is 1.85. The number of esters is 1. The predicted molar refractivity (Wildman–Crippen MR) is 126 cm³/mol. The van der Waals surface area contributed by atoms with Crippen molar-refractivity contribution < 1.29 is 23.5 Å². The van der Waals surface area contributed by atoms with Crippen molar-refractivity contribution in [3.8, 4) is 0 Å². The van der Waals surface area contributed by atoms with Gasteiger partial charge in [-0.25, -0.2) is 9.18 Å². The number of Topliss-reactive ketones (excluding diaryl/α,β-unsaturated/α-hetero) is 1. The van der Waals surface area contributed by atoms with Gasteiger partial charge in [-0.2, -0.15) is 0 Å². The Morgan fingerprint density at radius 1 is 0.941 bits per heavy atom. The lowest BCUT2D eigenvalue weighted by Gasteiger charge is -2.18. The highest BCUT2D eigenvalue weighted by Crippen LogP contribution is 2.20. The highest BCUT2D eigenvalue weighted by Gasteiger charge is 2.26. The molecule has 0 fully saturated rings. The predicted octanol–water partition coefficient (Wildman–Crippen LogP) is 4.73. The maximum atomic E-state index is 13.9. The lowest BCUT2D eigenvalue weighted by molar-refractivity contribution is -0.144. The number of para-hydroxylation sites is 1. The van der Waals surface area contributed by atoms with E-state index in [2.05, 4.69) is 10.3 Å². The standard InChI is InChI=1S/C26H20ClFN2O4/c27-20-10-4-1-8-18(20)25(32)30-23(13-16-14-29-22-12-6-3-7-17(16)22)26(33)34-15-24(31)19-9-2-5-11-21(19)28/h1-12,14,23,29H,13,15H2,(H,30,32)/t23-/m0/s1. The van der Waals surface area contributed by atoms with Crippen molar-refractivity contribution in [3.05, 3.63) is 107 Å². The molecule has 0 saturated carbocycles. The number of halogens is 2. The second-order valence-corrected chi connectivity index (χ2v) is 7.99. The van der Waals surface area contributed by atoms with E-state index in [-0.39, 0.29) is 22.6 Å². The minimum Gasteiger partial charge on any atom is -0.456 e. The normalized spacial score (nSPS) is 11.7. The molecule has 4 aromatic rings. The molecule has 2 N–H and O–H groups in total. The molecule has 0 aliphatic rings. The van der Waals surface area contributed by atoms with Gasteiger partial charge in [0.2, 0.25) is 5.78 Å². The highest BCUT2D eigenvalue weighted by atomic mass is 35.5. The SMILES string of the molecule is O=C(COC(=O)[C@H](Cc1c[nH]c2ccccc12)NC(=O)c1ccccc1Cl)c1ccccc1F. The maximum absolute atomic E-state index is 13.9. The first kappa shape index (κ1) is 23.2. The molecule has 0 spiro atoms. The number of benzene rings is 3. The molecule has 0 aliphatic heterocycles. The summed E-state index contributed by atoms with van der Waals surface area (Å²) in [5.41, 5.74) is 1.67. The van der Waals surface area contributed by atoms with Crippen molar-refractivity contribution in [1.82, 2.24) is 10.3 Å². The van der Waals surface area contributed by atoms with E-state index in [1.807, 2.05) is 24.3 Å². The molecule has 172 valence electrons. The fourth-order valence-electron chi connectivity index (χ4n) is 3.60. The first-order valence-electron chi connectivity index (χ1n) is 10.5. The van der Waals surface area contributed by atoms with Crippen LogP contribution in [-0.2, 0) is 16.0 Å². The van der Waals surface area contributed by atoms with Gasteiger partial charge in [0.1, 0.15) is 11.9 Å². The van der Waals surface area contributed by atoms with E-state index in [1.54, 1.807) is 24.4 Å². The van der Waals surface area contributed by atoms with Crippen LogP contribution < -0.4 is 5.32 Å². The van der Waals surface area contributed by atoms with Crippen molar-refractivity contribution in [2.24, 2.45) is 0 Å². The third-order valence-electron chi connectivity index (χ3n) is 5.33. The number of aromatic nitrogens is 1. The van der Waals surface area contributed by atoms with Crippen molar-refractivity contribution in [2.45, 2.75) is 12.5 Å². The molecule has 1 heterocycles. The largest absolute Gasteiger partial charge is 0.456 e. The molecule has 0 radical (unpaired) electrons. The van der Waals surface area contributed by atoms with Crippen LogP contribution >= 0.6 is 11.6 Å². The van der Waals surface area contributed by atoms with Crippen LogP contribution in [0.4, 0.5) is 4.39 Å². The Morgan fingerprint density at radius 3 is 2.38 bits per heavy atom. The second-order valence-electron chi connectivity index (χ2n) is 7.58. The Balaban J connectivity index is 1.54. The molecule has 0 saturated heterocycles. The van der Waals surface area contributed by atoms with Gasteiger partial charge in [0.25, 0.3) is 5.91 Å². The molecular weight excluding hydrogens is 459 g/mol. The zero-order valence-electron chi connectivity index (χ0n) is 17.9. The fraction of sp³-hybridized carbons (Fsp3) is 0.115. The molecule has 1 amide bonds. The van der Waals surface area contributed by atoms with Crippen molar-refractivity contribution in [3.63, 3.8) is 0 Å². The van der Waals surface area contributed by atoms with Gasteiger partial charge in [0, 0.05) is 23.5 Å². The number of rotatable bonds is 8. The van der Waals surface area contributed by atoms with Crippen molar-refractivity contribution >= 4 is 40.2 Å². The highest BCUT2D eigenvalue weighted by molar-refractivity contribution is 6.33. The third kappa shape index (κ3) is 5.15. The molecule has 1 aromatic heterocycles. The van der Waals surface area contributed by atoms with Gasteiger partial charge in [-0.3, -0.25) is 9.59 Å². The summed E-state index contributed by atoms with van der Waals surface area (Å²) in [6.45, 7) is -0.661. The van der Waals surface area contributed by atoms with Crippen LogP contribution in [0.3, 0.4) is 0 Å². The molecular formula is C26H20ClFN2O4. The molecule has 1 atom stereocenters. The Kier molecular flexibility index (Phi) is 7.04. The number of fused-ring (bicyclic) bond motifs is 1. The van der Waals surface area contributed by atoms with E-state index in [1.165, 1.54) is 24.3 Å². The average Bonchev–Trinajstić information content (AvgIpc) is 3.25. The van der Waals surface area contributed by atoms with Gasteiger partial charge in [-0.1, -0.05) is 54.1 Å². The van der Waals surface area contributed by atoms with Crippen LogP contribution in [0.1, 0.15) is 26.3 Å². The zero-order valence-corrected chi connectivity index (χ0v) is 18.6. The van der Waals surface area contributed by atoms with Crippen LogP contribution in [0.2, 0.25) is 5.02 Å². The summed E-state index contributed by atoms with van der Waals surface area (Å²) >= 11 is 6.13. The number of hydrogen-bond acceptors (Lipinski definition) is 4. The molecule has 6 nitrogen and oxygen atoms in total. The van der Waals surface area contributed by atoms with Gasteiger partial charge in [0.15, 0.2) is 6.61 Å². The molecule has 0 aliphatic carbocycles. The van der Waals surface area contributed by atoms with Crippen LogP contribution in [0.5, 0.6) is 0 Å². The van der Waals surface area contributed by atoms with Gasteiger partial charge >= 0.3 is 5.97 Å². The fourth-order valence-corrected chi connectivity index (χ4v) is 3.82. The lowest BCUT2D eigenvalue weighted by atomic mass is 10.0. The van der Waals surface area contributed by atoms with Crippen LogP contribution in [0.25, 0.3) is 10.9 Å². The van der Waals surface area contributed by atoms with E-state index < -0.39 is 36.1 Å². The van der Waals surface area contributed by atoms with Gasteiger partial charge in [0.05, 0.1) is 16.1 Å². The summed E-state index contributed by atoms with van der Waals surface area (Å²) in [7, 11) is 0. The Morgan fingerprint density at radius 2 is 1.62 bits per heavy atom. The van der Waals surface area contributed by atoms with Crippen LogP contribution in [0.15, 0.2) is 79.0 Å². The summed E-state index contributed by atoms with van der Waals surface area (Å²) in [5, 5.41) is 3.77. The number of amides is 1. The number of carbonyl (C=O) groups is 3. The molecule has 3 aromatic carbocycles. The summed E-state index contributed by atoms with van der Waals surface area (Å²) in [5.74, 6) is -2.77. The number of ketones is 1. The number of aromatic amines is 1. The number of nitrogens with one attached hydrogen (secondary N) is 2. The van der Waals surface area contributed by atoms with E-state index in [4.69, 9.17) is 16.3 Å². The second kappa shape index (κ2) is 10.3. The Labute approximate surface area is 199 Å². The number of ether oxygens (including phenoxy) is 1. The minimum atomic E-state index is -1.11. The first-order chi connectivity index (χ1) is 16.4. The molecule has 8 heteroatoms. The van der Waals surface area contributed by atoms with Gasteiger partial charge in [-0.05, 0) is 35.9 Å². The van der Waals surface area contributed by atoms with Crippen LogP contribution in [-0.4, -0.2) is 35.3 Å². The summed E-state index contributed by atoms with van der Waals surface area (Å²) in [4.78, 5) is 41.3. The van der Waals surface area contributed by atoms with Gasteiger partial charge in [-0.15, -0.1) is 0 Å². The van der Waals surface area contributed by atoms with E-state index in [0.717, 1.165) is 22.5 Å². The average molecular weight is 479 g/mol. The summed E-state index contributed by atoms with van der Waals surface area (Å²) < 4.78 is 19.1. The summed E-state index contributed by atoms with van der Waals surface area (Å²) in [6, 6.07) is 18.3. The van der Waals surface area contributed by atoms with Crippen molar-refractivity contribution in [2.75, 3.05) is 6.61 Å². The van der Waals surface area contributed by atoms with Gasteiger partial charge < -0.3 is 15.0 Å². The van der Waals surface area contributed by atoms with E-state index >= 15 is 0 Å². The lowest BCUT2D eigenvalue weighted by Crippen LogP contribution is -2.44. The topological polar surface area (TPSA) is 88.3 Å². The smallest absolute Gasteiger partial charge is 0.329 e. The zero-order chi connectivity index (χ0) is 24.1. The third-order valence-corrected chi connectivity index (χ3v) is 5.66. The number of carbonyl (C=O) groups excluding carboxylic acids is 3.